The molecule has 2 N–H and O–H groups in total. The van der Waals surface area contributed by atoms with Gasteiger partial charge in [-0.3, -0.25) is 10.1 Å². The summed E-state index contributed by atoms with van der Waals surface area (Å²) in [7, 11) is 0. The lowest BCUT2D eigenvalue weighted by Gasteiger charge is -2.11. The first-order chi connectivity index (χ1) is 10.0. The van der Waals surface area contributed by atoms with Crippen LogP contribution in [0.4, 0.5) is 11.4 Å². The van der Waals surface area contributed by atoms with E-state index in [-0.39, 0.29) is 17.3 Å². The third kappa shape index (κ3) is 3.71. The first kappa shape index (κ1) is 15.3. The number of aryl methyl sites for hydroxylation is 1. The van der Waals surface area contributed by atoms with Crippen molar-refractivity contribution in [2.45, 2.75) is 20.1 Å². The fourth-order valence-corrected chi connectivity index (χ4v) is 2.26. The van der Waals surface area contributed by atoms with Crippen molar-refractivity contribution in [3.8, 4) is 0 Å². The molecule has 0 bridgehead atoms. The van der Waals surface area contributed by atoms with Crippen molar-refractivity contribution < 1.29 is 10.0 Å². The molecule has 21 heavy (non-hydrogen) atoms. The molecule has 2 aromatic carbocycles. The van der Waals surface area contributed by atoms with Crippen molar-refractivity contribution in [2.75, 3.05) is 5.32 Å². The van der Waals surface area contributed by atoms with Gasteiger partial charge >= 0.3 is 0 Å². The Balaban J connectivity index is 2.16. The molecule has 2 aromatic rings. The van der Waals surface area contributed by atoms with E-state index in [1.54, 1.807) is 13.0 Å². The molecule has 0 aliphatic rings. The molecule has 5 nitrogen and oxygen atoms in total. The summed E-state index contributed by atoms with van der Waals surface area (Å²) in [6.45, 7) is 2.33. The molecular formula is C15H15ClN2O3. The highest BCUT2D eigenvalue weighted by Crippen LogP contribution is 2.30. The normalized spacial score (nSPS) is 10.4. The minimum absolute atomic E-state index is 0.00374. The quantitative estimate of drug-likeness (QED) is 0.653. The van der Waals surface area contributed by atoms with E-state index < -0.39 is 4.92 Å². The predicted octanol–water partition coefficient (Wildman–Crippen LogP) is 3.66. The van der Waals surface area contributed by atoms with Crippen LogP contribution in [0, 0.1) is 17.0 Å². The summed E-state index contributed by atoms with van der Waals surface area (Å²) in [5, 5.41) is 23.2. The van der Waals surface area contributed by atoms with Crippen molar-refractivity contribution in [1.82, 2.24) is 0 Å². The van der Waals surface area contributed by atoms with Crippen molar-refractivity contribution in [3.05, 3.63) is 68.2 Å². The average molecular weight is 307 g/mol. The lowest BCUT2D eigenvalue weighted by Crippen LogP contribution is -2.02. The number of benzene rings is 2. The number of hydrogen-bond donors (Lipinski definition) is 2. The van der Waals surface area contributed by atoms with E-state index in [0.29, 0.717) is 6.54 Å². The minimum atomic E-state index is -0.496. The van der Waals surface area contributed by atoms with Crippen LogP contribution in [0.1, 0.15) is 16.7 Å². The van der Waals surface area contributed by atoms with Crippen molar-refractivity contribution in [2.24, 2.45) is 0 Å². The van der Waals surface area contributed by atoms with E-state index in [0.717, 1.165) is 22.4 Å². The van der Waals surface area contributed by atoms with Crippen LogP contribution in [0.15, 0.2) is 36.4 Å². The first-order valence-corrected chi connectivity index (χ1v) is 6.76. The Morgan fingerprint density at radius 2 is 2.00 bits per heavy atom. The monoisotopic (exact) mass is 306 g/mol. The number of nitro benzene ring substituents is 1. The zero-order valence-electron chi connectivity index (χ0n) is 11.5. The molecule has 0 atom stereocenters. The Bertz CT molecular complexity index is 674. The van der Waals surface area contributed by atoms with E-state index in [9.17, 15) is 10.1 Å². The maximum Gasteiger partial charge on any atom is 0.288 e. The Morgan fingerprint density at radius 1 is 1.29 bits per heavy atom. The molecule has 110 valence electrons. The van der Waals surface area contributed by atoms with Crippen LogP contribution >= 0.6 is 11.6 Å². The molecule has 6 heteroatoms. The van der Waals surface area contributed by atoms with Crippen LogP contribution in [0.3, 0.4) is 0 Å². The van der Waals surface area contributed by atoms with Gasteiger partial charge in [-0.2, -0.15) is 0 Å². The number of nitro groups is 1. The number of rotatable bonds is 5. The molecule has 0 unspecified atom stereocenters. The van der Waals surface area contributed by atoms with E-state index in [1.165, 1.54) is 6.07 Å². The highest BCUT2D eigenvalue weighted by molar-refractivity contribution is 6.33. The van der Waals surface area contributed by atoms with Gasteiger partial charge in [-0.15, -0.1) is 0 Å². The molecule has 2 rings (SSSR count). The van der Waals surface area contributed by atoms with Crippen LogP contribution < -0.4 is 5.32 Å². The third-order valence-corrected chi connectivity index (χ3v) is 3.45. The van der Waals surface area contributed by atoms with Gasteiger partial charge in [-0.05, 0) is 29.7 Å². The average Bonchev–Trinajstić information content (AvgIpc) is 2.47. The second-order valence-electron chi connectivity index (χ2n) is 4.71. The summed E-state index contributed by atoms with van der Waals surface area (Å²) in [4.78, 5) is 10.3. The molecule has 0 amide bonds. The molecule has 0 saturated carbocycles. The lowest BCUT2D eigenvalue weighted by molar-refractivity contribution is -0.384. The molecular weight excluding hydrogens is 292 g/mol. The van der Waals surface area contributed by atoms with Gasteiger partial charge in [0.15, 0.2) is 0 Å². The van der Waals surface area contributed by atoms with Gasteiger partial charge in [0.2, 0.25) is 0 Å². The fourth-order valence-electron chi connectivity index (χ4n) is 2.03. The van der Waals surface area contributed by atoms with Gasteiger partial charge in [0.1, 0.15) is 5.02 Å². The van der Waals surface area contributed by atoms with Crippen molar-refractivity contribution in [3.63, 3.8) is 0 Å². The summed E-state index contributed by atoms with van der Waals surface area (Å²) < 4.78 is 0. The Labute approximate surface area is 127 Å². The molecule has 0 aliphatic carbocycles. The second kappa shape index (κ2) is 6.56. The molecule has 0 aromatic heterocycles. The number of hydrogen-bond acceptors (Lipinski definition) is 4. The first-order valence-electron chi connectivity index (χ1n) is 6.38. The number of aliphatic hydroxyl groups is 1. The topological polar surface area (TPSA) is 75.4 Å². The number of nitrogens with one attached hydrogen (secondary N) is 1. The smallest absolute Gasteiger partial charge is 0.288 e. The van der Waals surface area contributed by atoms with E-state index in [1.807, 2.05) is 24.3 Å². The van der Waals surface area contributed by atoms with Gasteiger partial charge in [-0.1, -0.05) is 35.9 Å². The largest absolute Gasteiger partial charge is 0.392 e. The number of nitrogens with zero attached hydrogens (tertiary/aromatic N) is 1. The number of anilines is 1. The third-order valence-electron chi connectivity index (χ3n) is 3.15. The maximum atomic E-state index is 10.8. The second-order valence-corrected chi connectivity index (χ2v) is 5.11. The van der Waals surface area contributed by atoms with Gasteiger partial charge in [0.05, 0.1) is 11.5 Å². The number of halogens is 1. The molecule has 0 fully saturated rings. The summed E-state index contributed by atoms with van der Waals surface area (Å²) in [5.74, 6) is 0. The van der Waals surface area contributed by atoms with Crippen LogP contribution in [0.2, 0.25) is 5.02 Å². The van der Waals surface area contributed by atoms with Crippen LogP contribution in [0.25, 0.3) is 0 Å². The van der Waals surface area contributed by atoms with Crippen LogP contribution in [0.5, 0.6) is 0 Å². The van der Waals surface area contributed by atoms with Crippen molar-refractivity contribution >= 4 is 23.0 Å². The highest BCUT2D eigenvalue weighted by Gasteiger charge is 2.14. The molecule has 0 spiro atoms. The summed E-state index contributed by atoms with van der Waals surface area (Å²) in [6, 6.07) is 10.6. The summed E-state index contributed by atoms with van der Waals surface area (Å²) >= 11 is 5.91. The van der Waals surface area contributed by atoms with Crippen molar-refractivity contribution in [1.29, 1.82) is 0 Å². The zero-order valence-corrected chi connectivity index (χ0v) is 12.2. The molecule has 0 saturated heterocycles. The lowest BCUT2D eigenvalue weighted by atomic mass is 10.1. The van der Waals surface area contributed by atoms with Crippen LogP contribution in [-0.2, 0) is 13.2 Å². The van der Waals surface area contributed by atoms with Crippen LogP contribution in [-0.4, -0.2) is 10.0 Å². The SMILES string of the molecule is Cc1cc([N+](=O)[O-])c(Cl)cc1NCc1cccc(CO)c1. The minimum Gasteiger partial charge on any atom is -0.392 e. The Hall–Kier alpha value is -2.11. The van der Waals surface area contributed by atoms with E-state index >= 15 is 0 Å². The van der Waals surface area contributed by atoms with Gasteiger partial charge in [0, 0.05) is 18.3 Å². The highest BCUT2D eigenvalue weighted by atomic mass is 35.5. The summed E-state index contributed by atoms with van der Waals surface area (Å²) in [5.41, 5.74) is 3.26. The number of aliphatic hydroxyl groups excluding tert-OH is 1. The molecule has 0 heterocycles. The molecule has 0 aliphatic heterocycles. The maximum absolute atomic E-state index is 10.8. The molecule has 0 radical (unpaired) electrons. The Kier molecular flexibility index (Phi) is 4.77. The summed E-state index contributed by atoms with van der Waals surface area (Å²) in [6.07, 6.45) is 0. The zero-order chi connectivity index (χ0) is 15.4. The van der Waals surface area contributed by atoms with Gasteiger partial charge < -0.3 is 10.4 Å². The predicted molar refractivity (Wildman–Crippen MR) is 82.5 cm³/mol. The van der Waals surface area contributed by atoms with Gasteiger partial charge in [-0.25, -0.2) is 0 Å². The standard InChI is InChI=1S/C15H15ClN2O3/c1-10-5-15(18(20)21)13(16)7-14(10)17-8-11-3-2-4-12(6-11)9-19/h2-7,17,19H,8-9H2,1H3. The fraction of sp³-hybridized carbons (Fsp3) is 0.200. The van der Waals surface area contributed by atoms with E-state index in [2.05, 4.69) is 5.32 Å². The van der Waals surface area contributed by atoms with E-state index in [4.69, 9.17) is 16.7 Å². The Morgan fingerprint density at radius 3 is 2.67 bits per heavy atom. The van der Waals surface area contributed by atoms with Gasteiger partial charge in [0.25, 0.3) is 5.69 Å².